The van der Waals surface area contributed by atoms with Gasteiger partial charge in [0.25, 0.3) is 0 Å². The van der Waals surface area contributed by atoms with Crippen molar-refractivity contribution in [3.8, 4) is 0 Å². The number of carbonyl (C=O) groups is 1. The second-order valence-corrected chi connectivity index (χ2v) is 7.93. The van der Waals surface area contributed by atoms with E-state index in [0.717, 1.165) is 13.1 Å². The van der Waals surface area contributed by atoms with Crippen molar-refractivity contribution >= 4 is 6.09 Å². The normalized spacial score (nSPS) is 29.6. The highest BCUT2D eigenvalue weighted by Gasteiger charge is 2.55. The van der Waals surface area contributed by atoms with Crippen LogP contribution in [0.1, 0.15) is 40.0 Å². The van der Waals surface area contributed by atoms with Crippen molar-refractivity contribution in [2.45, 2.75) is 51.2 Å². The average molecular weight is 314 g/mol. The first kappa shape index (κ1) is 17.5. The molecule has 1 unspecified atom stereocenters. The molecule has 0 aliphatic carbocycles. The van der Waals surface area contributed by atoms with E-state index in [9.17, 15) is 15.0 Å². The van der Waals surface area contributed by atoms with E-state index < -0.39 is 16.6 Å². The Kier molecular flexibility index (Phi) is 4.76. The fourth-order valence-electron chi connectivity index (χ4n) is 3.53. The number of amides is 1. The summed E-state index contributed by atoms with van der Waals surface area (Å²) in [5, 5.41) is 21.1. The minimum absolute atomic E-state index is 0.105. The lowest BCUT2D eigenvalue weighted by molar-refractivity contribution is -0.132. The summed E-state index contributed by atoms with van der Waals surface area (Å²) in [5.41, 5.74) is -2.08. The van der Waals surface area contributed by atoms with Gasteiger partial charge in [-0.3, -0.25) is 0 Å². The van der Waals surface area contributed by atoms with Gasteiger partial charge in [-0.05, 0) is 47.1 Å². The zero-order valence-electron chi connectivity index (χ0n) is 14.3. The van der Waals surface area contributed by atoms with Crippen LogP contribution < -0.4 is 0 Å². The number of aliphatic hydroxyl groups excluding tert-OH is 1. The van der Waals surface area contributed by atoms with E-state index in [0.29, 0.717) is 32.4 Å². The van der Waals surface area contributed by atoms with Crippen LogP contribution in [0.5, 0.6) is 0 Å². The number of aliphatic hydroxyl groups is 2. The van der Waals surface area contributed by atoms with E-state index in [2.05, 4.69) is 4.90 Å². The first-order valence-electron chi connectivity index (χ1n) is 8.11. The average Bonchev–Trinajstić information content (AvgIpc) is 2.87. The van der Waals surface area contributed by atoms with Gasteiger partial charge in [0.1, 0.15) is 5.60 Å². The predicted molar refractivity (Wildman–Crippen MR) is 83.6 cm³/mol. The van der Waals surface area contributed by atoms with E-state index in [1.807, 2.05) is 27.8 Å². The largest absolute Gasteiger partial charge is 0.444 e. The lowest BCUT2D eigenvalue weighted by atomic mass is 9.67. The Labute approximate surface area is 133 Å². The van der Waals surface area contributed by atoms with Gasteiger partial charge >= 0.3 is 6.09 Å². The van der Waals surface area contributed by atoms with Gasteiger partial charge in [-0.1, -0.05) is 0 Å². The number of carbonyl (C=O) groups excluding carboxylic acids is 1. The Morgan fingerprint density at radius 3 is 2.27 bits per heavy atom. The third-order valence-corrected chi connectivity index (χ3v) is 5.11. The number of likely N-dealkylation sites (tertiary alicyclic amines) is 2. The summed E-state index contributed by atoms with van der Waals surface area (Å²) in [6.45, 7) is 7.91. The maximum absolute atomic E-state index is 12.2. The smallest absolute Gasteiger partial charge is 0.410 e. The highest BCUT2D eigenvalue weighted by atomic mass is 16.6. The van der Waals surface area contributed by atoms with Crippen LogP contribution in [0.15, 0.2) is 0 Å². The predicted octanol–water partition coefficient (Wildman–Crippen LogP) is 1.06. The minimum atomic E-state index is -0.912. The second-order valence-electron chi connectivity index (χ2n) is 7.93. The van der Waals surface area contributed by atoms with Gasteiger partial charge in [0.2, 0.25) is 0 Å². The van der Waals surface area contributed by atoms with Crippen LogP contribution in [0.2, 0.25) is 0 Å². The molecule has 22 heavy (non-hydrogen) atoms. The molecule has 2 N–H and O–H groups in total. The number of piperidine rings is 1. The maximum Gasteiger partial charge on any atom is 0.410 e. The number of hydrogen-bond donors (Lipinski definition) is 2. The van der Waals surface area contributed by atoms with Crippen molar-refractivity contribution in [3.63, 3.8) is 0 Å². The zero-order chi connectivity index (χ0) is 16.6. The van der Waals surface area contributed by atoms with E-state index in [4.69, 9.17) is 4.74 Å². The zero-order valence-corrected chi connectivity index (χ0v) is 14.3. The van der Waals surface area contributed by atoms with Crippen LogP contribution in [0.3, 0.4) is 0 Å². The summed E-state index contributed by atoms with van der Waals surface area (Å²) in [4.78, 5) is 16.0. The Morgan fingerprint density at radius 2 is 1.77 bits per heavy atom. The van der Waals surface area contributed by atoms with Gasteiger partial charge < -0.3 is 24.7 Å². The van der Waals surface area contributed by atoms with Gasteiger partial charge in [-0.25, -0.2) is 4.79 Å². The summed E-state index contributed by atoms with van der Waals surface area (Å²) >= 11 is 0. The Bertz CT molecular complexity index is 413. The molecule has 2 heterocycles. The molecule has 0 radical (unpaired) electrons. The van der Waals surface area contributed by atoms with E-state index in [1.54, 1.807) is 4.90 Å². The maximum atomic E-state index is 12.2. The van der Waals surface area contributed by atoms with E-state index in [-0.39, 0.29) is 12.7 Å². The molecular weight excluding hydrogens is 284 g/mol. The summed E-state index contributed by atoms with van der Waals surface area (Å²) < 4.78 is 5.41. The van der Waals surface area contributed by atoms with Crippen LogP contribution in [0.4, 0.5) is 4.79 Å². The number of hydrogen-bond acceptors (Lipinski definition) is 5. The molecule has 0 saturated carbocycles. The Balaban J connectivity index is 2.08. The summed E-state index contributed by atoms with van der Waals surface area (Å²) in [7, 11) is 2.03. The highest BCUT2D eigenvalue weighted by Crippen LogP contribution is 2.46. The Morgan fingerprint density at radius 1 is 1.18 bits per heavy atom. The van der Waals surface area contributed by atoms with Gasteiger partial charge in [0, 0.05) is 31.6 Å². The monoisotopic (exact) mass is 314 g/mol. The fourth-order valence-corrected chi connectivity index (χ4v) is 3.53. The van der Waals surface area contributed by atoms with Crippen LogP contribution in [-0.2, 0) is 4.74 Å². The van der Waals surface area contributed by atoms with Crippen LogP contribution >= 0.6 is 0 Å². The standard InChI is InChI=1S/C16H30N2O4/c1-14(2,3)22-13(20)18-10-5-15(11-18,12-19)16(21)6-8-17(4)9-7-16/h19,21H,5-12H2,1-4H3. The van der Waals surface area contributed by atoms with E-state index >= 15 is 0 Å². The lowest BCUT2D eigenvalue weighted by Gasteiger charge is -2.48. The summed E-state index contributed by atoms with van der Waals surface area (Å²) in [5.74, 6) is 0. The molecule has 2 saturated heterocycles. The summed E-state index contributed by atoms with van der Waals surface area (Å²) in [6, 6.07) is 0. The number of rotatable bonds is 2. The molecule has 2 rings (SSSR count). The van der Waals surface area contributed by atoms with Crippen molar-refractivity contribution in [1.29, 1.82) is 0 Å². The third kappa shape index (κ3) is 3.39. The molecule has 1 atom stereocenters. The topological polar surface area (TPSA) is 73.2 Å². The first-order valence-corrected chi connectivity index (χ1v) is 8.11. The molecule has 6 nitrogen and oxygen atoms in total. The van der Waals surface area contributed by atoms with E-state index in [1.165, 1.54) is 0 Å². The van der Waals surface area contributed by atoms with Crippen molar-refractivity contribution in [2.75, 3.05) is 39.8 Å². The van der Waals surface area contributed by atoms with Crippen molar-refractivity contribution in [2.24, 2.45) is 5.41 Å². The highest BCUT2D eigenvalue weighted by molar-refractivity contribution is 5.68. The van der Waals surface area contributed by atoms with Crippen molar-refractivity contribution in [3.05, 3.63) is 0 Å². The number of ether oxygens (including phenoxy) is 1. The third-order valence-electron chi connectivity index (χ3n) is 5.11. The second kappa shape index (κ2) is 5.98. The van der Waals surface area contributed by atoms with Crippen molar-refractivity contribution < 1.29 is 19.7 Å². The molecule has 0 aromatic carbocycles. The van der Waals surface area contributed by atoms with Crippen LogP contribution in [-0.4, -0.2) is 77.1 Å². The first-order chi connectivity index (χ1) is 10.1. The molecule has 2 fully saturated rings. The molecule has 128 valence electrons. The molecule has 0 aromatic heterocycles. The SMILES string of the molecule is CN1CCC(O)(C2(CO)CCN(C(=O)OC(C)(C)C)C2)CC1. The van der Waals surface area contributed by atoms with Gasteiger partial charge in [0.05, 0.1) is 12.2 Å². The molecule has 0 aromatic rings. The molecule has 2 aliphatic rings. The van der Waals surface area contributed by atoms with Gasteiger partial charge in [0.15, 0.2) is 0 Å². The molecule has 6 heteroatoms. The lowest BCUT2D eigenvalue weighted by Crippen LogP contribution is -2.57. The van der Waals surface area contributed by atoms with Gasteiger partial charge in [-0.2, -0.15) is 0 Å². The molecule has 1 amide bonds. The van der Waals surface area contributed by atoms with Crippen molar-refractivity contribution in [1.82, 2.24) is 9.80 Å². The quantitative estimate of drug-likeness (QED) is 0.797. The summed E-state index contributed by atoms with van der Waals surface area (Å²) in [6.07, 6.45) is 1.51. The molecule has 0 spiro atoms. The van der Waals surface area contributed by atoms with Crippen LogP contribution in [0, 0.1) is 5.41 Å². The minimum Gasteiger partial charge on any atom is -0.444 e. The molecular formula is C16H30N2O4. The molecule has 0 bridgehead atoms. The van der Waals surface area contributed by atoms with Crippen LogP contribution in [0.25, 0.3) is 0 Å². The number of nitrogens with zero attached hydrogens (tertiary/aromatic N) is 2. The fraction of sp³-hybridized carbons (Fsp3) is 0.938. The molecule has 2 aliphatic heterocycles. The van der Waals surface area contributed by atoms with Gasteiger partial charge in [-0.15, -0.1) is 0 Å². The Hall–Kier alpha value is -0.850.